The van der Waals surface area contributed by atoms with Gasteiger partial charge in [-0.05, 0) is 23.1 Å². The molecule has 0 saturated heterocycles. The summed E-state index contributed by atoms with van der Waals surface area (Å²) in [4.78, 5) is 27.6. The van der Waals surface area contributed by atoms with Gasteiger partial charge in [0.05, 0.1) is 15.7 Å². The summed E-state index contributed by atoms with van der Waals surface area (Å²) >= 11 is 12.5. The van der Waals surface area contributed by atoms with E-state index in [4.69, 9.17) is 23.2 Å². The molecule has 0 aliphatic carbocycles. The maximum atomic E-state index is 12.7. The van der Waals surface area contributed by atoms with E-state index < -0.39 is 22.2 Å². The molecular formula is C20H18Cl2N4O4. The third-order valence-corrected chi connectivity index (χ3v) is 5.58. The van der Waals surface area contributed by atoms with Crippen LogP contribution >= 0.6 is 23.2 Å². The maximum absolute atomic E-state index is 12.7. The molecule has 10 heteroatoms. The Kier molecular flexibility index (Phi) is 6.00. The van der Waals surface area contributed by atoms with Crippen LogP contribution in [0.3, 0.4) is 0 Å². The summed E-state index contributed by atoms with van der Waals surface area (Å²) in [5.41, 5.74) is -0.680. The van der Waals surface area contributed by atoms with E-state index in [2.05, 4.69) is 10.3 Å². The molecule has 2 N–H and O–H groups in total. The lowest BCUT2D eigenvalue weighted by molar-refractivity contribution is -0.393. The van der Waals surface area contributed by atoms with Gasteiger partial charge >= 0.3 is 11.8 Å². The second-order valence-electron chi connectivity index (χ2n) is 6.54. The molecule has 3 rings (SSSR count). The van der Waals surface area contributed by atoms with Crippen molar-refractivity contribution in [3.63, 3.8) is 0 Å². The number of imidazole rings is 1. The molecule has 0 aliphatic rings. The second-order valence-corrected chi connectivity index (χ2v) is 7.36. The Labute approximate surface area is 182 Å². The highest BCUT2D eigenvalue weighted by atomic mass is 35.5. The fourth-order valence-corrected chi connectivity index (χ4v) is 4.06. The van der Waals surface area contributed by atoms with Gasteiger partial charge in [0.2, 0.25) is 5.54 Å². The quantitative estimate of drug-likeness (QED) is 0.370. The van der Waals surface area contributed by atoms with Crippen molar-refractivity contribution in [2.45, 2.75) is 25.8 Å². The highest BCUT2D eigenvalue weighted by Gasteiger charge is 2.50. The first-order chi connectivity index (χ1) is 14.2. The molecule has 1 atom stereocenters. The predicted molar refractivity (Wildman–Crippen MR) is 115 cm³/mol. The molecule has 1 unspecified atom stereocenters. The number of anilines is 2. The molecule has 0 amide bonds. The van der Waals surface area contributed by atoms with Crippen molar-refractivity contribution < 1.29 is 14.8 Å². The molecule has 8 nitrogen and oxygen atoms in total. The third kappa shape index (κ3) is 3.48. The first kappa shape index (κ1) is 21.6. The van der Waals surface area contributed by atoms with E-state index in [9.17, 15) is 20.0 Å². The Bertz CT molecular complexity index is 1110. The molecule has 3 aromatic rings. The number of nitrogens with zero attached hydrogens (tertiary/aromatic N) is 3. The van der Waals surface area contributed by atoms with Crippen molar-refractivity contribution >= 4 is 46.4 Å². The molecule has 1 heterocycles. The zero-order chi connectivity index (χ0) is 22.1. The standard InChI is InChI=1S/C20H18Cl2N4O4/c1-3-20(19(27)28,25-12(2)23-11-17(25)26(29)30)13-7-4-5-10-16(13)24-18-14(21)8-6-9-15(18)22/h4-11,24H,3H2,1-2H3,(H,27,28). The predicted octanol–water partition coefficient (Wildman–Crippen LogP) is 5.39. The summed E-state index contributed by atoms with van der Waals surface area (Å²) in [6, 6.07) is 11.6. The Morgan fingerprint density at radius 2 is 1.87 bits per heavy atom. The van der Waals surface area contributed by atoms with Gasteiger partial charge in [0, 0.05) is 24.6 Å². The van der Waals surface area contributed by atoms with E-state index in [0.717, 1.165) is 10.8 Å². The van der Waals surface area contributed by atoms with Gasteiger partial charge in [-0.2, -0.15) is 4.57 Å². The fraction of sp³-hybridized carbons (Fsp3) is 0.200. The highest BCUT2D eigenvalue weighted by Crippen LogP contribution is 2.41. The number of rotatable bonds is 7. The first-order valence-corrected chi connectivity index (χ1v) is 9.72. The molecule has 0 bridgehead atoms. The topological polar surface area (TPSA) is 110 Å². The fourth-order valence-electron chi connectivity index (χ4n) is 3.57. The largest absolute Gasteiger partial charge is 0.478 e. The van der Waals surface area contributed by atoms with Crippen LogP contribution < -0.4 is 5.32 Å². The van der Waals surface area contributed by atoms with Gasteiger partial charge in [-0.3, -0.25) is 0 Å². The maximum Gasteiger partial charge on any atom is 0.357 e. The van der Waals surface area contributed by atoms with Crippen molar-refractivity contribution in [1.29, 1.82) is 0 Å². The minimum Gasteiger partial charge on any atom is -0.478 e. The van der Waals surface area contributed by atoms with Crippen molar-refractivity contribution in [3.8, 4) is 0 Å². The van der Waals surface area contributed by atoms with Gasteiger partial charge in [0.1, 0.15) is 6.20 Å². The van der Waals surface area contributed by atoms with Crippen molar-refractivity contribution in [1.82, 2.24) is 9.55 Å². The smallest absolute Gasteiger partial charge is 0.357 e. The van der Waals surface area contributed by atoms with Crippen LogP contribution in [0.5, 0.6) is 0 Å². The van der Waals surface area contributed by atoms with E-state index in [1.54, 1.807) is 49.4 Å². The minimum absolute atomic E-state index is 0.0231. The van der Waals surface area contributed by atoms with Gasteiger partial charge in [-0.25, -0.2) is 9.78 Å². The second kappa shape index (κ2) is 8.33. The Balaban J connectivity index is 2.30. The van der Waals surface area contributed by atoms with Crippen LogP contribution in [0.4, 0.5) is 17.2 Å². The lowest BCUT2D eigenvalue weighted by atomic mass is 9.85. The summed E-state index contributed by atoms with van der Waals surface area (Å²) in [6.45, 7) is 3.18. The number of carboxylic acid groups (broad SMARTS) is 1. The summed E-state index contributed by atoms with van der Waals surface area (Å²) in [6.07, 6.45) is 1.08. The molecule has 0 aliphatic heterocycles. The number of carbonyl (C=O) groups is 1. The Morgan fingerprint density at radius 1 is 1.23 bits per heavy atom. The van der Waals surface area contributed by atoms with Crippen LogP contribution in [0.2, 0.25) is 10.0 Å². The number of para-hydroxylation sites is 2. The molecule has 0 radical (unpaired) electrons. The minimum atomic E-state index is -1.79. The highest BCUT2D eigenvalue weighted by molar-refractivity contribution is 6.39. The zero-order valence-electron chi connectivity index (χ0n) is 16.1. The molecule has 0 fully saturated rings. The van der Waals surface area contributed by atoms with Crippen LogP contribution in [0.15, 0.2) is 48.7 Å². The van der Waals surface area contributed by atoms with Crippen LogP contribution in [0, 0.1) is 17.0 Å². The van der Waals surface area contributed by atoms with Gasteiger partial charge in [0.15, 0.2) is 5.82 Å². The normalized spacial score (nSPS) is 12.9. The van der Waals surface area contributed by atoms with Crippen molar-refractivity contribution in [3.05, 3.63) is 80.2 Å². The molecule has 30 heavy (non-hydrogen) atoms. The molecule has 0 saturated carbocycles. The Hall–Kier alpha value is -3.10. The van der Waals surface area contributed by atoms with Gasteiger partial charge in [-0.1, -0.05) is 54.4 Å². The molecular weight excluding hydrogens is 431 g/mol. The monoisotopic (exact) mass is 448 g/mol. The zero-order valence-corrected chi connectivity index (χ0v) is 17.6. The van der Waals surface area contributed by atoms with Crippen LogP contribution in [-0.2, 0) is 10.3 Å². The average Bonchev–Trinajstić information content (AvgIpc) is 3.09. The van der Waals surface area contributed by atoms with E-state index >= 15 is 0 Å². The van der Waals surface area contributed by atoms with Gasteiger partial charge in [0.25, 0.3) is 0 Å². The molecule has 156 valence electrons. The number of aliphatic carboxylic acids is 1. The van der Waals surface area contributed by atoms with Crippen molar-refractivity contribution in [2.75, 3.05) is 5.32 Å². The molecule has 1 aromatic heterocycles. The number of nitrogens with one attached hydrogen (secondary N) is 1. The van der Waals surface area contributed by atoms with Crippen molar-refractivity contribution in [2.24, 2.45) is 0 Å². The lowest BCUT2D eigenvalue weighted by Crippen LogP contribution is -2.44. The number of nitro groups is 1. The number of carboxylic acids is 1. The van der Waals surface area contributed by atoms with Crippen LogP contribution in [0.25, 0.3) is 0 Å². The number of benzene rings is 2. The van der Waals surface area contributed by atoms with Crippen LogP contribution in [-0.4, -0.2) is 25.6 Å². The average molecular weight is 449 g/mol. The number of hydrogen-bond acceptors (Lipinski definition) is 5. The van der Waals surface area contributed by atoms with E-state index in [1.165, 1.54) is 6.92 Å². The number of halogens is 2. The number of aryl methyl sites for hydroxylation is 1. The molecule has 2 aromatic carbocycles. The first-order valence-electron chi connectivity index (χ1n) is 8.97. The van der Waals surface area contributed by atoms with E-state index in [1.807, 2.05) is 0 Å². The summed E-state index contributed by atoms with van der Waals surface area (Å²) in [5, 5.41) is 25.7. The SMILES string of the molecule is CCC(C(=O)O)(c1ccccc1Nc1c(Cl)cccc1Cl)n1c([N+](=O)[O-])cnc1C. The van der Waals surface area contributed by atoms with E-state index in [-0.39, 0.29) is 12.2 Å². The van der Waals surface area contributed by atoms with E-state index in [0.29, 0.717) is 27.0 Å². The summed E-state index contributed by atoms with van der Waals surface area (Å²) in [5.74, 6) is -1.47. The molecule has 0 spiro atoms. The summed E-state index contributed by atoms with van der Waals surface area (Å²) < 4.78 is 1.14. The Morgan fingerprint density at radius 3 is 2.43 bits per heavy atom. The lowest BCUT2D eigenvalue weighted by Gasteiger charge is -2.29. The summed E-state index contributed by atoms with van der Waals surface area (Å²) in [7, 11) is 0. The van der Waals surface area contributed by atoms with Crippen LogP contribution in [0.1, 0.15) is 24.7 Å². The van der Waals surface area contributed by atoms with Gasteiger partial charge < -0.3 is 20.5 Å². The van der Waals surface area contributed by atoms with Gasteiger partial charge in [-0.15, -0.1) is 0 Å². The number of hydrogen-bond donors (Lipinski definition) is 2. The third-order valence-electron chi connectivity index (χ3n) is 4.95. The number of aromatic nitrogens is 2.